The number of carbonyl (C=O) groups excluding carboxylic acids is 4. The van der Waals surface area contributed by atoms with Crippen LogP contribution in [0.3, 0.4) is 0 Å². The van der Waals surface area contributed by atoms with Gasteiger partial charge in [-0.15, -0.1) is 5.11 Å². The normalized spacial score (nSPS) is 19.8. The molecule has 0 spiro atoms. The number of amides is 4. The van der Waals surface area contributed by atoms with Crippen LogP contribution in [0.1, 0.15) is 40.5 Å². The largest absolute Gasteiger partial charge is 0.324 e. The van der Waals surface area contributed by atoms with Gasteiger partial charge in [-0.3, -0.25) is 24.6 Å². The van der Waals surface area contributed by atoms with Crippen LogP contribution in [-0.2, 0) is 19.2 Å². The third-order valence-electron chi connectivity index (χ3n) is 5.91. The van der Waals surface area contributed by atoms with Crippen molar-refractivity contribution in [3.63, 3.8) is 0 Å². The van der Waals surface area contributed by atoms with Crippen LogP contribution in [0.15, 0.2) is 46.7 Å². The second kappa shape index (κ2) is 9.53. The summed E-state index contributed by atoms with van der Waals surface area (Å²) in [6, 6.07) is 9.66. The lowest BCUT2D eigenvalue weighted by atomic mass is 10.1. The maximum absolute atomic E-state index is 12.3. The van der Waals surface area contributed by atoms with Crippen molar-refractivity contribution < 1.29 is 19.2 Å². The smallest absolute Gasteiger partial charge is 0.226 e. The van der Waals surface area contributed by atoms with Gasteiger partial charge in [0.05, 0.1) is 34.1 Å². The maximum atomic E-state index is 12.3. The molecule has 0 saturated heterocycles. The Hall–Kier alpha value is -4.28. The van der Waals surface area contributed by atoms with Crippen LogP contribution in [0.2, 0.25) is 0 Å². The van der Waals surface area contributed by atoms with Crippen molar-refractivity contribution >= 4 is 57.8 Å². The van der Waals surface area contributed by atoms with Gasteiger partial charge in [-0.2, -0.15) is 0 Å². The third-order valence-corrected chi connectivity index (χ3v) is 5.91. The molecule has 4 amide bonds. The molecule has 2 aliphatic rings. The topological polar surface area (TPSA) is 136 Å². The van der Waals surface area contributed by atoms with E-state index >= 15 is 0 Å². The molecule has 2 atom stereocenters. The number of benzene rings is 2. The van der Waals surface area contributed by atoms with E-state index < -0.39 is 0 Å². The first kappa shape index (κ1) is 23.9. The van der Waals surface area contributed by atoms with Crippen molar-refractivity contribution in [2.75, 3.05) is 25.9 Å². The van der Waals surface area contributed by atoms with Gasteiger partial charge in [-0.1, -0.05) is 5.22 Å². The van der Waals surface area contributed by atoms with Gasteiger partial charge in [-0.25, -0.2) is 0 Å². The molecule has 0 fully saturated rings. The quantitative estimate of drug-likeness (QED) is 0.454. The molecule has 2 aromatic carbocycles. The molecule has 11 heteroatoms. The number of nitrogens with one attached hydrogen (secondary N) is 3. The van der Waals surface area contributed by atoms with Crippen molar-refractivity contribution in [3.8, 4) is 0 Å². The van der Waals surface area contributed by atoms with Gasteiger partial charge in [0.25, 0.3) is 0 Å². The lowest BCUT2D eigenvalue weighted by molar-refractivity contribution is -0.119. The first-order valence-electron chi connectivity index (χ1n) is 11.3. The number of rotatable bonds is 3. The first-order chi connectivity index (χ1) is 16.6. The molecule has 2 heterocycles. The Morgan fingerprint density at radius 1 is 0.857 bits per heavy atom. The van der Waals surface area contributed by atoms with Crippen molar-refractivity contribution in [2.45, 2.75) is 52.6 Å². The summed E-state index contributed by atoms with van der Waals surface area (Å²) in [6.45, 7) is 6.57. The summed E-state index contributed by atoms with van der Waals surface area (Å²) in [5.74, 6) is -0.665. The second-order valence-corrected chi connectivity index (χ2v) is 8.73. The van der Waals surface area contributed by atoms with Gasteiger partial charge in [0, 0.05) is 38.8 Å². The maximum Gasteiger partial charge on any atom is 0.226 e. The minimum absolute atomic E-state index is 0.149. The SMILES string of the molecule is CC(=O)N1c2ccc(NN=Nc3ccc4c(c3)N(C(C)=O)[C@H](C)CC(=O)N4)cc2NC(=O)C[C@H]1C. The molecule has 2 aliphatic heterocycles. The van der Waals surface area contributed by atoms with E-state index in [0.717, 1.165) is 0 Å². The monoisotopic (exact) mass is 477 g/mol. The van der Waals surface area contributed by atoms with Crippen molar-refractivity contribution in [1.29, 1.82) is 0 Å². The van der Waals surface area contributed by atoms with E-state index in [4.69, 9.17) is 0 Å². The highest BCUT2D eigenvalue weighted by Gasteiger charge is 2.29. The number of hydrogen-bond acceptors (Lipinski definition) is 6. The summed E-state index contributed by atoms with van der Waals surface area (Å²) in [6.07, 6.45) is 0.396. The molecule has 182 valence electrons. The van der Waals surface area contributed by atoms with E-state index in [1.165, 1.54) is 13.8 Å². The Morgan fingerprint density at radius 2 is 1.46 bits per heavy atom. The molecule has 0 unspecified atom stereocenters. The fraction of sp³-hybridized carbons (Fsp3) is 0.333. The fourth-order valence-electron chi connectivity index (χ4n) is 4.50. The van der Waals surface area contributed by atoms with Crippen LogP contribution in [0.5, 0.6) is 0 Å². The molecule has 4 rings (SSSR count). The molecule has 2 aromatic rings. The van der Waals surface area contributed by atoms with Crippen molar-refractivity contribution in [2.24, 2.45) is 10.3 Å². The summed E-state index contributed by atoms with van der Waals surface area (Å²) in [5.41, 5.74) is 6.07. The van der Waals surface area contributed by atoms with Crippen LogP contribution >= 0.6 is 0 Å². The Bertz CT molecular complexity index is 1240. The Kier molecular flexibility index (Phi) is 6.50. The zero-order chi connectivity index (χ0) is 25.3. The van der Waals surface area contributed by atoms with E-state index in [2.05, 4.69) is 26.4 Å². The average Bonchev–Trinajstić information content (AvgIpc) is 2.97. The molecule has 0 bridgehead atoms. The van der Waals surface area contributed by atoms with Crippen LogP contribution in [0.25, 0.3) is 0 Å². The van der Waals surface area contributed by atoms with Gasteiger partial charge in [0.2, 0.25) is 23.6 Å². The zero-order valence-corrected chi connectivity index (χ0v) is 20.0. The molecule has 0 aliphatic carbocycles. The number of carbonyl (C=O) groups is 4. The molecule has 0 aromatic heterocycles. The number of fused-ring (bicyclic) bond motifs is 2. The predicted octanol–water partition coefficient (Wildman–Crippen LogP) is 3.96. The van der Waals surface area contributed by atoms with Crippen LogP contribution in [-0.4, -0.2) is 35.7 Å². The molecule has 0 radical (unpaired) electrons. The van der Waals surface area contributed by atoms with Gasteiger partial charge in [-0.05, 0) is 50.2 Å². The van der Waals surface area contributed by atoms with E-state index in [9.17, 15) is 19.2 Å². The molecular formula is C24H27N7O4. The van der Waals surface area contributed by atoms with Gasteiger partial charge in [0.15, 0.2) is 0 Å². The second-order valence-electron chi connectivity index (χ2n) is 8.73. The Balaban J connectivity index is 1.57. The highest BCUT2D eigenvalue weighted by atomic mass is 16.2. The minimum atomic E-state index is -0.300. The molecular weight excluding hydrogens is 450 g/mol. The molecule has 35 heavy (non-hydrogen) atoms. The number of hydrogen-bond donors (Lipinski definition) is 3. The van der Waals surface area contributed by atoms with E-state index in [0.29, 0.717) is 34.1 Å². The van der Waals surface area contributed by atoms with Crippen LogP contribution < -0.4 is 25.9 Å². The summed E-state index contributed by atoms with van der Waals surface area (Å²) in [4.78, 5) is 51.9. The minimum Gasteiger partial charge on any atom is -0.324 e. The fourth-order valence-corrected chi connectivity index (χ4v) is 4.50. The first-order valence-corrected chi connectivity index (χ1v) is 11.3. The van der Waals surface area contributed by atoms with Gasteiger partial charge < -0.3 is 20.4 Å². The summed E-state index contributed by atoms with van der Waals surface area (Å²) >= 11 is 0. The lowest BCUT2D eigenvalue weighted by Crippen LogP contribution is -2.37. The summed E-state index contributed by atoms with van der Waals surface area (Å²) in [5, 5.41) is 13.9. The van der Waals surface area contributed by atoms with E-state index in [1.54, 1.807) is 46.2 Å². The predicted molar refractivity (Wildman–Crippen MR) is 133 cm³/mol. The zero-order valence-electron chi connectivity index (χ0n) is 20.0. The lowest BCUT2D eigenvalue weighted by Gasteiger charge is -2.26. The van der Waals surface area contributed by atoms with Crippen molar-refractivity contribution in [1.82, 2.24) is 0 Å². The van der Waals surface area contributed by atoms with Gasteiger partial charge >= 0.3 is 0 Å². The van der Waals surface area contributed by atoms with Crippen LogP contribution in [0.4, 0.5) is 34.1 Å². The standard InChI is InChI=1S/C24H27N7O4/c1-13-9-24(35)26-20-11-17(6-8-21(20)30(13)15(3)32)27-29-28-18-5-7-19-22(12-18)31(16(4)33)14(2)10-23(34)25-19/h5-8,11-14H,9-10H2,1-4H3,(H,25,34)(H,26,35)(H,27,28)/t13-,14-/m1/s1. The molecule has 0 saturated carbocycles. The van der Waals surface area contributed by atoms with Crippen molar-refractivity contribution in [3.05, 3.63) is 36.4 Å². The van der Waals surface area contributed by atoms with Gasteiger partial charge in [0.1, 0.15) is 0 Å². The molecule has 3 N–H and O–H groups in total. The van der Waals surface area contributed by atoms with E-state index in [1.807, 2.05) is 13.8 Å². The highest BCUT2D eigenvalue weighted by Crippen LogP contribution is 2.36. The Labute approximate surface area is 202 Å². The number of nitrogens with zero attached hydrogens (tertiary/aromatic N) is 4. The van der Waals surface area contributed by atoms with E-state index in [-0.39, 0.29) is 48.6 Å². The van der Waals surface area contributed by atoms with Crippen LogP contribution in [0, 0.1) is 0 Å². The molecule has 11 nitrogen and oxygen atoms in total. The summed E-state index contributed by atoms with van der Waals surface area (Å²) < 4.78 is 0. The highest BCUT2D eigenvalue weighted by molar-refractivity contribution is 6.05. The number of anilines is 5. The Morgan fingerprint density at radius 3 is 2.09 bits per heavy atom. The third kappa shape index (κ3) is 4.98. The summed E-state index contributed by atoms with van der Waals surface area (Å²) in [7, 11) is 0. The average molecular weight is 478 g/mol.